The van der Waals surface area contributed by atoms with Crippen molar-refractivity contribution in [1.29, 1.82) is 0 Å². The first-order chi connectivity index (χ1) is 15.5. The van der Waals surface area contributed by atoms with Crippen LogP contribution in [0.3, 0.4) is 0 Å². The van der Waals surface area contributed by atoms with Crippen molar-refractivity contribution in [3.8, 4) is 0 Å². The summed E-state index contributed by atoms with van der Waals surface area (Å²) in [5.41, 5.74) is 3.64. The topological polar surface area (TPSA) is 88.3 Å². The van der Waals surface area contributed by atoms with Crippen LogP contribution in [0.5, 0.6) is 0 Å². The third-order valence-corrected chi connectivity index (χ3v) is 5.42. The maximum Gasteiger partial charge on any atom is 0.280 e. The van der Waals surface area contributed by atoms with E-state index in [0.717, 1.165) is 28.2 Å². The molecule has 2 aromatic heterocycles. The number of hydrogen-bond donors (Lipinski definition) is 1. The van der Waals surface area contributed by atoms with Crippen molar-refractivity contribution in [2.24, 2.45) is 0 Å². The molecule has 162 valence electrons. The average Bonchev–Trinajstić information content (AvgIpc) is 3.50. The highest BCUT2D eigenvalue weighted by molar-refractivity contribution is 7.03. The summed E-state index contributed by atoms with van der Waals surface area (Å²) < 4.78 is 9.43. The first-order valence-electron chi connectivity index (χ1n) is 10.1. The third-order valence-electron chi connectivity index (χ3n) is 4.91. The molecule has 0 saturated heterocycles. The van der Waals surface area contributed by atoms with Gasteiger partial charge in [0.1, 0.15) is 5.76 Å². The lowest BCUT2D eigenvalue weighted by molar-refractivity contribution is -0.123. The van der Waals surface area contributed by atoms with Gasteiger partial charge in [-0.1, -0.05) is 40.9 Å². The number of furan rings is 1. The van der Waals surface area contributed by atoms with E-state index in [2.05, 4.69) is 14.9 Å². The number of anilines is 1. The zero-order valence-electron chi connectivity index (χ0n) is 17.7. The minimum absolute atomic E-state index is 0.168. The minimum Gasteiger partial charge on any atom is -0.467 e. The minimum atomic E-state index is -1.02. The smallest absolute Gasteiger partial charge is 0.280 e. The fourth-order valence-electron chi connectivity index (χ4n) is 3.56. The Hall–Kier alpha value is -3.78. The molecule has 1 atom stereocenters. The number of aryl methyl sites for hydroxylation is 2. The quantitative estimate of drug-likeness (QED) is 0.453. The van der Waals surface area contributed by atoms with E-state index < -0.39 is 11.9 Å². The van der Waals surface area contributed by atoms with Crippen LogP contribution in [0.25, 0.3) is 0 Å². The predicted octanol–water partition coefficient (Wildman–Crippen LogP) is 4.45. The van der Waals surface area contributed by atoms with E-state index in [4.69, 9.17) is 4.42 Å². The van der Waals surface area contributed by atoms with Crippen LogP contribution in [0.2, 0.25) is 0 Å². The molecule has 0 radical (unpaired) electrons. The van der Waals surface area contributed by atoms with E-state index in [9.17, 15) is 9.59 Å². The Morgan fingerprint density at radius 3 is 2.44 bits per heavy atom. The summed E-state index contributed by atoms with van der Waals surface area (Å²) in [6, 6.07) is 17.7. The van der Waals surface area contributed by atoms with Gasteiger partial charge in [-0.3, -0.25) is 14.5 Å². The molecule has 0 spiro atoms. The maximum atomic E-state index is 13.6. The first kappa shape index (κ1) is 21.5. The molecule has 8 heteroatoms. The summed E-state index contributed by atoms with van der Waals surface area (Å²) in [5, 5.41) is 8.45. The highest BCUT2D eigenvalue weighted by atomic mass is 32.1. The van der Waals surface area contributed by atoms with E-state index in [-0.39, 0.29) is 11.6 Å². The monoisotopic (exact) mass is 446 g/mol. The summed E-state index contributed by atoms with van der Waals surface area (Å²) in [4.78, 5) is 28.5. The molecular weight excluding hydrogens is 424 g/mol. The van der Waals surface area contributed by atoms with Gasteiger partial charge in [-0.25, -0.2) is 0 Å². The Bertz CT molecular complexity index is 1170. The molecule has 1 unspecified atom stereocenters. The number of aromatic nitrogens is 2. The number of benzene rings is 2. The molecule has 0 aliphatic heterocycles. The molecular formula is C24H22N4O3S. The predicted molar refractivity (Wildman–Crippen MR) is 122 cm³/mol. The molecule has 1 N–H and O–H groups in total. The standard InChI is InChI=1S/C24H22N4O3S/c1-16-11-17(2)13-19(12-16)28(24(30)20-15-32-27-26-20)22(21-9-6-10-31-21)23(29)25-14-18-7-4-3-5-8-18/h3-13,15,22H,14H2,1-2H3,(H,25,29). The van der Waals surface area contributed by atoms with E-state index >= 15 is 0 Å². The number of nitrogens with zero attached hydrogens (tertiary/aromatic N) is 3. The van der Waals surface area contributed by atoms with Crippen LogP contribution in [0.4, 0.5) is 5.69 Å². The molecule has 4 rings (SSSR count). The van der Waals surface area contributed by atoms with Crippen LogP contribution in [0.1, 0.15) is 39.0 Å². The number of hydrogen-bond acceptors (Lipinski definition) is 6. The molecule has 0 saturated carbocycles. The van der Waals surface area contributed by atoms with Crippen LogP contribution in [0, 0.1) is 13.8 Å². The lowest BCUT2D eigenvalue weighted by atomic mass is 10.1. The van der Waals surface area contributed by atoms with Gasteiger partial charge in [0.25, 0.3) is 11.8 Å². The van der Waals surface area contributed by atoms with Gasteiger partial charge in [0, 0.05) is 17.6 Å². The summed E-state index contributed by atoms with van der Waals surface area (Å²) in [6.45, 7) is 4.21. The van der Waals surface area contributed by atoms with Crippen LogP contribution in [0.15, 0.2) is 76.7 Å². The largest absolute Gasteiger partial charge is 0.467 e. The second-order valence-electron chi connectivity index (χ2n) is 7.43. The summed E-state index contributed by atoms with van der Waals surface area (Å²) in [7, 11) is 0. The number of carbonyl (C=O) groups excluding carboxylic acids is 2. The van der Waals surface area contributed by atoms with Crippen molar-refractivity contribution in [2.45, 2.75) is 26.4 Å². The van der Waals surface area contributed by atoms with Crippen LogP contribution < -0.4 is 10.2 Å². The van der Waals surface area contributed by atoms with Gasteiger partial charge in [-0.15, -0.1) is 5.10 Å². The Balaban J connectivity index is 1.76. The lowest BCUT2D eigenvalue weighted by Crippen LogP contribution is -2.44. The molecule has 7 nitrogen and oxygen atoms in total. The Kier molecular flexibility index (Phi) is 6.42. The fourth-order valence-corrected chi connectivity index (χ4v) is 3.99. The zero-order valence-corrected chi connectivity index (χ0v) is 18.5. The van der Waals surface area contributed by atoms with E-state index in [1.54, 1.807) is 17.5 Å². The maximum absolute atomic E-state index is 13.6. The zero-order chi connectivity index (χ0) is 22.5. The number of rotatable bonds is 7. The SMILES string of the molecule is Cc1cc(C)cc(N(C(=O)c2csnn2)C(C(=O)NCc2ccccc2)c2ccco2)c1. The highest BCUT2D eigenvalue weighted by Crippen LogP contribution is 2.31. The van der Waals surface area contributed by atoms with Crippen LogP contribution in [-0.2, 0) is 11.3 Å². The van der Waals surface area contributed by atoms with Gasteiger partial charge in [0.2, 0.25) is 0 Å². The van der Waals surface area contributed by atoms with Gasteiger partial charge in [0.15, 0.2) is 11.7 Å². The average molecular weight is 447 g/mol. The molecule has 32 heavy (non-hydrogen) atoms. The molecule has 2 heterocycles. The number of amides is 2. The van der Waals surface area contributed by atoms with Crippen molar-refractivity contribution in [3.05, 3.63) is 100 Å². The van der Waals surface area contributed by atoms with Gasteiger partial charge in [-0.2, -0.15) is 0 Å². The summed E-state index contributed by atoms with van der Waals surface area (Å²) >= 11 is 1.08. The molecule has 4 aromatic rings. The van der Waals surface area contributed by atoms with E-state index in [1.807, 2.05) is 62.4 Å². The van der Waals surface area contributed by atoms with Gasteiger partial charge in [-0.05, 0) is 66.3 Å². The second-order valence-corrected chi connectivity index (χ2v) is 8.04. The van der Waals surface area contributed by atoms with Crippen LogP contribution >= 0.6 is 11.5 Å². The van der Waals surface area contributed by atoms with Crippen molar-refractivity contribution < 1.29 is 14.0 Å². The van der Waals surface area contributed by atoms with Crippen molar-refractivity contribution in [3.63, 3.8) is 0 Å². The first-order valence-corrected chi connectivity index (χ1v) is 10.9. The molecule has 0 aliphatic rings. The Morgan fingerprint density at radius 1 is 1.06 bits per heavy atom. The Labute approximate surface area is 189 Å². The van der Waals surface area contributed by atoms with Gasteiger partial charge >= 0.3 is 0 Å². The Morgan fingerprint density at radius 2 is 1.81 bits per heavy atom. The second kappa shape index (κ2) is 9.57. The molecule has 0 aliphatic carbocycles. The highest BCUT2D eigenvalue weighted by Gasteiger charge is 2.36. The fraction of sp³-hybridized carbons (Fsp3) is 0.167. The van der Waals surface area contributed by atoms with Crippen molar-refractivity contribution in [1.82, 2.24) is 14.9 Å². The molecule has 2 amide bonds. The van der Waals surface area contributed by atoms with Gasteiger partial charge < -0.3 is 9.73 Å². The van der Waals surface area contributed by atoms with Crippen molar-refractivity contribution >= 4 is 29.0 Å². The third kappa shape index (κ3) is 4.76. The molecule has 2 aromatic carbocycles. The number of nitrogens with one attached hydrogen (secondary N) is 1. The summed E-state index contributed by atoms with van der Waals surface area (Å²) in [6.07, 6.45) is 1.49. The number of carbonyl (C=O) groups is 2. The van der Waals surface area contributed by atoms with E-state index in [0.29, 0.717) is 18.0 Å². The van der Waals surface area contributed by atoms with Crippen molar-refractivity contribution in [2.75, 3.05) is 4.90 Å². The molecule has 0 bridgehead atoms. The summed E-state index contributed by atoms with van der Waals surface area (Å²) in [5.74, 6) is -0.439. The van der Waals surface area contributed by atoms with Crippen LogP contribution in [-0.4, -0.2) is 21.4 Å². The molecule has 0 fully saturated rings. The van der Waals surface area contributed by atoms with E-state index in [1.165, 1.54) is 11.2 Å². The lowest BCUT2D eigenvalue weighted by Gasteiger charge is -2.29. The van der Waals surface area contributed by atoms with Gasteiger partial charge in [0.05, 0.1) is 6.26 Å². The normalized spacial score (nSPS) is 11.7.